The standard InChI is InChI=1S/C28H35Cl2N2O3.CH4O3S/c1-32(2,15-16-34-20-21-13-14-25(29)26(30)17-21)19-24-18-31-27(35-24)28(33,22-9-5-3-6-10-22)23-11-7-4-8-12-23;1-5(2,3)4/h3,5-6,9-10,13-14,17-18,23,33H,4,7-8,11-12,15-16,19-20H2,1-2H3;1H3,(H,2,3,4)/q+1;. The van der Waals surface area contributed by atoms with Crippen molar-refractivity contribution in [2.24, 2.45) is 5.92 Å². The Morgan fingerprint density at radius 1 is 1.07 bits per heavy atom. The molecule has 3 aromatic rings. The number of halogens is 2. The SMILES string of the molecule is CS(=O)(=O)O.C[N+](C)(CCOCc1ccc(Cl)c(Cl)c1)Cc1cnc(C(O)(c2ccccc2)C2CCCCC2)o1. The largest absolute Gasteiger partial charge is 0.436 e. The van der Waals surface area contributed by atoms with E-state index in [0.29, 0.717) is 46.4 Å². The molecule has 0 spiro atoms. The molecule has 1 saturated carbocycles. The molecule has 1 atom stereocenters. The molecule has 0 aliphatic heterocycles. The predicted octanol–water partition coefficient (Wildman–Crippen LogP) is 6.09. The van der Waals surface area contributed by atoms with Gasteiger partial charge in [0.1, 0.15) is 13.1 Å². The van der Waals surface area contributed by atoms with E-state index in [1.807, 2.05) is 42.5 Å². The zero-order valence-electron chi connectivity index (χ0n) is 23.2. The summed E-state index contributed by atoms with van der Waals surface area (Å²) in [6.07, 6.45) is 7.90. The van der Waals surface area contributed by atoms with E-state index >= 15 is 0 Å². The van der Waals surface area contributed by atoms with Crippen LogP contribution >= 0.6 is 23.2 Å². The van der Waals surface area contributed by atoms with Crippen molar-refractivity contribution < 1.29 is 31.7 Å². The van der Waals surface area contributed by atoms with Crippen molar-refractivity contribution in [1.29, 1.82) is 0 Å². The van der Waals surface area contributed by atoms with E-state index in [2.05, 4.69) is 19.1 Å². The summed E-state index contributed by atoms with van der Waals surface area (Å²) in [6, 6.07) is 15.4. The fourth-order valence-electron chi connectivity index (χ4n) is 4.94. The van der Waals surface area contributed by atoms with Gasteiger partial charge in [-0.15, -0.1) is 0 Å². The van der Waals surface area contributed by atoms with Gasteiger partial charge in [0.15, 0.2) is 11.4 Å². The Morgan fingerprint density at radius 2 is 1.73 bits per heavy atom. The molecule has 0 saturated heterocycles. The van der Waals surface area contributed by atoms with E-state index in [4.69, 9.17) is 36.9 Å². The number of benzene rings is 2. The van der Waals surface area contributed by atoms with Gasteiger partial charge in [-0.1, -0.05) is 78.9 Å². The van der Waals surface area contributed by atoms with Gasteiger partial charge in [0.2, 0.25) is 5.89 Å². The second kappa shape index (κ2) is 14.3. The fraction of sp³-hybridized carbons (Fsp3) is 0.483. The Balaban J connectivity index is 0.000000810. The molecular formula is C29H39Cl2N2O6S+. The van der Waals surface area contributed by atoms with Crippen molar-refractivity contribution in [2.45, 2.75) is 50.9 Å². The fourth-order valence-corrected chi connectivity index (χ4v) is 5.26. The molecule has 220 valence electrons. The molecule has 1 aliphatic carbocycles. The predicted molar refractivity (Wildman–Crippen MR) is 157 cm³/mol. The summed E-state index contributed by atoms with van der Waals surface area (Å²) in [4.78, 5) is 4.59. The summed E-state index contributed by atoms with van der Waals surface area (Å²) in [6.45, 7) is 2.51. The molecular weight excluding hydrogens is 575 g/mol. The maximum absolute atomic E-state index is 12.0. The highest BCUT2D eigenvalue weighted by molar-refractivity contribution is 7.85. The summed E-state index contributed by atoms with van der Waals surface area (Å²) in [5.41, 5.74) is 0.636. The van der Waals surface area contributed by atoms with Crippen LogP contribution in [0.15, 0.2) is 59.1 Å². The zero-order chi connectivity index (χ0) is 29.4. The van der Waals surface area contributed by atoms with Gasteiger partial charge in [-0.3, -0.25) is 4.55 Å². The van der Waals surface area contributed by atoms with Gasteiger partial charge in [-0.2, -0.15) is 8.42 Å². The molecule has 4 rings (SSSR count). The number of aromatic nitrogens is 1. The van der Waals surface area contributed by atoms with Gasteiger partial charge in [0, 0.05) is 5.92 Å². The Hall–Kier alpha value is -1.98. The quantitative estimate of drug-likeness (QED) is 0.162. The highest BCUT2D eigenvalue weighted by Crippen LogP contribution is 2.43. The molecule has 0 bridgehead atoms. The first-order valence-electron chi connectivity index (χ1n) is 13.3. The van der Waals surface area contributed by atoms with Gasteiger partial charge in [-0.25, -0.2) is 4.98 Å². The Bertz CT molecular complexity index is 1320. The molecule has 0 radical (unpaired) electrons. The number of nitrogens with zero attached hydrogens (tertiary/aromatic N) is 2. The molecule has 0 amide bonds. The second-order valence-corrected chi connectivity index (χ2v) is 13.2. The van der Waals surface area contributed by atoms with Crippen LogP contribution in [0, 0.1) is 5.92 Å². The first-order chi connectivity index (χ1) is 18.8. The zero-order valence-corrected chi connectivity index (χ0v) is 25.6. The van der Waals surface area contributed by atoms with E-state index in [-0.39, 0.29) is 5.92 Å². The minimum absolute atomic E-state index is 0.0995. The van der Waals surface area contributed by atoms with Crippen molar-refractivity contribution in [3.05, 3.63) is 87.6 Å². The van der Waals surface area contributed by atoms with Crippen molar-refractivity contribution in [3.63, 3.8) is 0 Å². The van der Waals surface area contributed by atoms with Gasteiger partial charge in [0.25, 0.3) is 10.1 Å². The van der Waals surface area contributed by atoms with Crippen LogP contribution in [0.2, 0.25) is 10.0 Å². The van der Waals surface area contributed by atoms with Gasteiger partial charge < -0.3 is 18.7 Å². The number of oxazole rings is 1. The van der Waals surface area contributed by atoms with Crippen LogP contribution in [-0.2, 0) is 33.6 Å². The lowest BCUT2D eigenvalue weighted by Crippen LogP contribution is -2.41. The Labute approximate surface area is 247 Å². The highest BCUT2D eigenvalue weighted by Gasteiger charge is 2.44. The monoisotopic (exact) mass is 613 g/mol. The molecule has 1 aliphatic rings. The number of ether oxygens (including phenoxy) is 1. The summed E-state index contributed by atoms with van der Waals surface area (Å²) in [5.74, 6) is 1.27. The van der Waals surface area contributed by atoms with Crippen molar-refractivity contribution in [1.82, 2.24) is 4.98 Å². The molecule has 11 heteroatoms. The molecule has 1 aromatic heterocycles. The van der Waals surface area contributed by atoms with Crippen molar-refractivity contribution >= 4 is 33.3 Å². The third-order valence-corrected chi connectivity index (χ3v) is 7.71. The average Bonchev–Trinajstić information content (AvgIpc) is 3.36. The number of hydrogen-bond donors (Lipinski definition) is 2. The van der Waals surface area contributed by atoms with E-state index in [9.17, 15) is 13.5 Å². The van der Waals surface area contributed by atoms with Crippen LogP contribution in [0.4, 0.5) is 0 Å². The number of aliphatic hydroxyl groups is 1. The summed E-state index contributed by atoms with van der Waals surface area (Å²) < 4.78 is 38.7. The van der Waals surface area contributed by atoms with Crippen molar-refractivity contribution in [2.75, 3.05) is 33.5 Å². The van der Waals surface area contributed by atoms with E-state index in [1.54, 1.807) is 12.3 Å². The maximum Gasteiger partial charge on any atom is 0.261 e. The van der Waals surface area contributed by atoms with E-state index in [1.165, 1.54) is 6.42 Å². The minimum atomic E-state index is -3.67. The Kier molecular flexibility index (Phi) is 11.6. The van der Waals surface area contributed by atoms with E-state index in [0.717, 1.165) is 49.1 Å². The van der Waals surface area contributed by atoms with Crippen LogP contribution in [0.1, 0.15) is 54.9 Å². The van der Waals surface area contributed by atoms with Crippen LogP contribution in [0.5, 0.6) is 0 Å². The molecule has 2 N–H and O–H groups in total. The molecule has 8 nitrogen and oxygen atoms in total. The lowest BCUT2D eigenvalue weighted by Gasteiger charge is -2.36. The first kappa shape index (κ1) is 32.5. The highest BCUT2D eigenvalue weighted by atomic mass is 35.5. The number of quaternary nitrogens is 1. The lowest BCUT2D eigenvalue weighted by molar-refractivity contribution is -0.905. The van der Waals surface area contributed by atoms with Gasteiger partial charge in [0.05, 0.1) is 49.8 Å². The molecule has 2 aromatic carbocycles. The number of hydrogen-bond acceptors (Lipinski definition) is 6. The topological polar surface area (TPSA) is 110 Å². The molecule has 1 heterocycles. The second-order valence-electron chi connectivity index (χ2n) is 11.0. The van der Waals surface area contributed by atoms with Gasteiger partial charge >= 0.3 is 0 Å². The average molecular weight is 615 g/mol. The van der Waals surface area contributed by atoms with Crippen LogP contribution in [0.25, 0.3) is 0 Å². The summed E-state index contributed by atoms with van der Waals surface area (Å²) >= 11 is 12.1. The minimum Gasteiger partial charge on any atom is -0.436 e. The van der Waals surface area contributed by atoms with Crippen LogP contribution in [-0.4, -0.2) is 61.0 Å². The number of likely N-dealkylation sites (N-methyl/N-ethyl adjacent to an activating group) is 1. The molecule has 1 fully saturated rings. The van der Waals surface area contributed by atoms with Gasteiger partial charge in [-0.05, 0) is 36.1 Å². The number of rotatable bonds is 10. The van der Waals surface area contributed by atoms with Crippen LogP contribution in [0.3, 0.4) is 0 Å². The first-order valence-corrected chi connectivity index (χ1v) is 15.9. The summed E-state index contributed by atoms with van der Waals surface area (Å²) in [5, 5.41) is 13.1. The maximum atomic E-state index is 12.0. The van der Waals surface area contributed by atoms with Crippen molar-refractivity contribution in [3.8, 4) is 0 Å². The normalized spacial score (nSPS) is 16.2. The lowest BCUT2D eigenvalue weighted by atomic mass is 9.73. The molecule has 40 heavy (non-hydrogen) atoms. The smallest absolute Gasteiger partial charge is 0.261 e. The van der Waals surface area contributed by atoms with Crippen LogP contribution < -0.4 is 0 Å². The third-order valence-electron chi connectivity index (χ3n) is 6.97. The third kappa shape index (κ3) is 9.83. The summed E-state index contributed by atoms with van der Waals surface area (Å²) in [7, 11) is 0.602. The van der Waals surface area contributed by atoms with E-state index < -0.39 is 15.7 Å². The Morgan fingerprint density at radius 3 is 2.35 bits per heavy atom. The molecule has 1 unspecified atom stereocenters.